The van der Waals surface area contributed by atoms with E-state index in [0.29, 0.717) is 0 Å². The summed E-state index contributed by atoms with van der Waals surface area (Å²) in [5.74, 6) is 0. The first-order valence-electron chi connectivity index (χ1n) is 7.73. The molecule has 1 aliphatic rings. The highest BCUT2D eigenvalue weighted by atomic mass is 16.5. The van der Waals surface area contributed by atoms with E-state index in [2.05, 4.69) is 21.8 Å². The van der Waals surface area contributed by atoms with E-state index in [1.165, 1.54) is 26.2 Å². The summed E-state index contributed by atoms with van der Waals surface area (Å²) in [5.41, 5.74) is 1.11. The molecule has 0 spiro atoms. The smallest absolute Gasteiger partial charge is 0.0593 e. The van der Waals surface area contributed by atoms with Crippen molar-refractivity contribution in [2.75, 3.05) is 53.0 Å². The van der Waals surface area contributed by atoms with Crippen molar-refractivity contribution in [3.63, 3.8) is 0 Å². The quantitative estimate of drug-likeness (QED) is 0.744. The average molecular weight is 279 g/mol. The molecule has 0 N–H and O–H groups in total. The number of nitrogens with zero attached hydrogens (tertiary/aromatic N) is 3. The van der Waals surface area contributed by atoms with Crippen molar-refractivity contribution in [2.24, 2.45) is 0 Å². The van der Waals surface area contributed by atoms with Crippen molar-refractivity contribution in [2.45, 2.75) is 20.3 Å². The molecule has 0 radical (unpaired) electrons. The predicted molar refractivity (Wildman–Crippen MR) is 84.0 cm³/mol. The fourth-order valence-corrected chi connectivity index (χ4v) is 2.09. The minimum absolute atomic E-state index is 0.769. The Morgan fingerprint density at radius 1 is 1.10 bits per heavy atom. The fraction of sp³-hybridized carbons (Fsp3) is 0.688. The fourth-order valence-electron chi connectivity index (χ4n) is 2.09. The predicted octanol–water partition coefficient (Wildman–Crippen LogP) is 1.91. The minimum atomic E-state index is 0.769. The van der Waals surface area contributed by atoms with Gasteiger partial charge in [0.1, 0.15) is 0 Å². The average Bonchev–Trinajstić information content (AvgIpc) is 2.52. The summed E-state index contributed by atoms with van der Waals surface area (Å²) < 4.78 is 5.67. The number of likely N-dealkylation sites (N-methyl/N-ethyl adjacent to an activating group) is 1. The Bertz CT molecular complexity index is 324. The molecule has 0 bridgehead atoms. The van der Waals surface area contributed by atoms with Crippen LogP contribution >= 0.6 is 0 Å². The van der Waals surface area contributed by atoms with E-state index in [9.17, 15) is 0 Å². The molecule has 1 aromatic heterocycles. The van der Waals surface area contributed by atoms with Crippen molar-refractivity contribution < 1.29 is 4.74 Å². The molecule has 1 aromatic rings. The van der Waals surface area contributed by atoms with Crippen LogP contribution in [0.3, 0.4) is 0 Å². The number of ether oxygens (including phenoxy) is 1. The Labute approximate surface area is 123 Å². The normalized spacial score (nSPS) is 16.6. The number of aromatic nitrogens is 1. The second kappa shape index (κ2) is 10.8. The molecule has 0 saturated carbocycles. The Balaban J connectivity index is 0.000000956. The molecule has 1 fully saturated rings. The third-order valence-corrected chi connectivity index (χ3v) is 3.38. The molecule has 4 heteroatoms. The molecule has 0 aromatic carbocycles. The van der Waals surface area contributed by atoms with Crippen LogP contribution in [-0.2, 0) is 11.2 Å². The highest BCUT2D eigenvalue weighted by molar-refractivity contribution is 5.03. The van der Waals surface area contributed by atoms with Crippen LogP contribution in [0.2, 0.25) is 0 Å². The lowest BCUT2D eigenvalue weighted by atomic mass is 10.3. The first-order chi connectivity index (χ1) is 9.84. The summed E-state index contributed by atoms with van der Waals surface area (Å²) in [5, 5.41) is 0. The van der Waals surface area contributed by atoms with E-state index in [1.54, 1.807) is 0 Å². The minimum Gasteiger partial charge on any atom is -0.380 e. The third-order valence-electron chi connectivity index (χ3n) is 3.38. The van der Waals surface area contributed by atoms with Gasteiger partial charge in [0, 0.05) is 51.0 Å². The number of pyridine rings is 1. The monoisotopic (exact) mass is 279 g/mol. The maximum absolute atomic E-state index is 5.67. The second-order valence-corrected chi connectivity index (χ2v) is 4.83. The van der Waals surface area contributed by atoms with Gasteiger partial charge in [0.05, 0.1) is 13.2 Å². The number of hydrogen-bond acceptors (Lipinski definition) is 4. The van der Waals surface area contributed by atoms with Gasteiger partial charge in [-0.1, -0.05) is 19.9 Å². The summed E-state index contributed by atoms with van der Waals surface area (Å²) in [7, 11) is 2.18. The molecule has 0 amide bonds. The molecule has 1 saturated heterocycles. The lowest BCUT2D eigenvalue weighted by Crippen LogP contribution is -2.45. The number of rotatable bonds is 6. The van der Waals surface area contributed by atoms with E-state index in [0.717, 1.165) is 31.9 Å². The van der Waals surface area contributed by atoms with E-state index >= 15 is 0 Å². The first kappa shape index (κ1) is 17.1. The summed E-state index contributed by atoms with van der Waals surface area (Å²) in [6.45, 7) is 11.3. The highest BCUT2D eigenvalue weighted by Crippen LogP contribution is 1.99. The number of piperazine rings is 1. The molecular formula is C16H29N3O. The van der Waals surface area contributed by atoms with Gasteiger partial charge in [-0.3, -0.25) is 9.88 Å². The summed E-state index contributed by atoms with van der Waals surface area (Å²) >= 11 is 0. The van der Waals surface area contributed by atoms with Crippen molar-refractivity contribution in [3.8, 4) is 0 Å². The Morgan fingerprint density at radius 3 is 2.50 bits per heavy atom. The van der Waals surface area contributed by atoms with Crippen LogP contribution in [0.4, 0.5) is 0 Å². The lowest BCUT2D eigenvalue weighted by Gasteiger charge is -2.32. The lowest BCUT2D eigenvalue weighted by molar-refractivity contribution is 0.0831. The van der Waals surface area contributed by atoms with Gasteiger partial charge in [0.25, 0.3) is 0 Å². The van der Waals surface area contributed by atoms with E-state index in [-0.39, 0.29) is 0 Å². The third kappa shape index (κ3) is 6.98. The highest BCUT2D eigenvalue weighted by Gasteiger charge is 2.12. The van der Waals surface area contributed by atoms with E-state index < -0.39 is 0 Å². The molecule has 0 atom stereocenters. The molecule has 2 rings (SSSR count). The van der Waals surface area contributed by atoms with Crippen molar-refractivity contribution in [1.29, 1.82) is 0 Å². The zero-order valence-electron chi connectivity index (χ0n) is 13.2. The van der Waals surface area contributed by atoms with Gasteiger partial charge in [-0.15, -0.1) is 0 Å². The van der Waals surface area contributed by atoms with Crippen molar-refractivity contribution >= 4 is 0 Å². The molecule has 1 aliphatic heterocycles. The van der Waals surface area contributed by atoms with Gasteiger partial charge in [-0.25, -0.2) is 0 Å². The molecule has 0 aliphatic carbocycles. The second-order valence-electron chi connectivity index (χ2n) is 4.83. The van der Waals surface area contributed by atoms with Crippen molar-refractivity contribution in [1.82, 2.24) is 14.8 Å². The molecule has 20 heavy (non-hydrogen) atoms. The van der Waals surface area contributed by atoms with Crippen LogP contribution in [0.15, 0.2) is 24.4 Å². The molecule has 4 nitrogen and oxygen atoms in total. The van der Waals surface area contributed by atoms with Gasteiger partial charge in [-0.05, 0) is 19.2 Å². The van der Waals surface area contributed by atoms with Gasteiger partial charge in [0.2, 0.25) is 0 Å². The van der Waals surface area contributed by atoms with E-state index in [4.69, 9.17) is 4.74 Å². The van der Waals surface area contributed by atoms with E-state index in [1.807, 2.05) is 38.2 Å². The summed E-state index contributed by atoms with van der Waals surface area (Å²) in [4.78, 5) is 9.13. The van der Waals surface area contributed by atoms with Gasteiger partial charge >= 0.3 is 0 Å². The number of hydrogen-bond donors (Lipinski definition) is 0. The first-order valence-corrected chi connectivity index (χ1v) is 7.73. The van der Waals surface area contributed by atoms with Crippen LogP contribution in [-0.4, -0.2) is 67.8 Å². The SMILES string of the molecule is CC.CN1CCN(CCOCCc2ccccn2)CC1. The Kier molecular flexibility index (Phi) is 9.20. The van der Waals surface area contributed by atoms with Crippen LogP contribution in [0, 0.1) is 0 Å². The zero-order chi connectivity index (χ0) is 14.6. The largest absolute Gasteiger partial charge is 0.380 e. The van der Waals surface area contributed by atoms with Crippen LogP contribution in [0.25, 0.3) is 0 Å². The topological polar surface area (TPSA) is 28.6 Å². The molecule has 0 unspecified atom stereocenters. The Hall–Kier alpha value is -0.970. The van der Waals surface area contributed by atoms with Crippen molar-refractivity contribution in [3.05, 3.63) is 30.1 Å². The van der Waals surface area contributed by atoms with Crippen LogP contribution < -0.4 is 0 Å². The standard InChI is InChI=1S/C14H23N3O.C2H6/c1-16-7-9-17(10-8-16)11-13-18-12-5-14-4-2-3-6-15-14;1-2/h2-4,6H,5,7-13H2,1H3;1-2H3. The molecule has 2 heterocycles. The summed E-state index contributed by atoms with van der Waals surface area (Å²) in [6, 6.07) is 6.01. The van der Waals surface area contributed by atoms with Gasteiger partial charge < -0.3 is 9.64 Å². The molecular weight excluding hydrogens is 250 g/mol. The zero-order valence-corrected chi connectivity index (χ0v) is 13.2. The maximum Gasteiger partial charge on any atom is 0.0593 e. The van der Waals surface area contributed by atoms with Gasteiger partial charge in [-0.2, -0.15) is 0 Å². The van der Waals surface area contributed by atoms with Crippen LogP contribution in [0.1, 0.15) is 19.5 Å². The Morgan fingerprint density at radius 2 is 1.85 bits per heavy atom. The maximum atomic E-state index is 5.67. The van der Waals surface area contributed by atoms with Gasteiger partial charge in [0.15, 0.2) is 0 Å². The summed E-state index contributed by atoms with van der Waals surface area (Å²) in [6.07, 6.45) is 2.74. The molecule has 114 valence electrons. The van der Waals surface area contributed by atoms with Crippen LogP contribution in [0.5, 0.6) is 0 Å².